The van der Waals surface area contributed by atoms with Gasteiger partial charge in [-0.15, -0.1) is 0 Å². The van der Waals surface area contributed by atoms with Gasteiger partial charge in [-0.25, -0.2) is 0 Å². The lowest BCUT2D eigenvalue weighted by Crippen LogP contribution is -2.47. The van der Waals surface area contributed by atoms with Gasteiger partial charge in [-0.1, -0.05) is 12.8 Å². The summed E-state index contributed by atoms with van der Waals surface area (Å²) >= 11 is 0. The first-order chi connectivity index (χ1) is 11.7. The second kappa shape index (κ2) is 7.41. The molecule has 1 unspecified atom stereocenters. The van der Waals surface area contributed by atoms with E-state index in [9.17, 15) is 10.1 Å². The van der Waals surface area contributed by atoms with Crippen molar-refractivity contribution in [3.8, 4) is 6.07 Å². The molecule has 2 heterocycles. The van der Waals surface area contributed by atoms with E-state index in [1.807, 2.05) is 4.90 Å². The Balaban J connectivity index is 1.67. The van der Waals surface area contributed by atoms with E-state index in [4.69, 9.17) is 4.74 Å². The Labute approximate surface area is 145 Å². The summed E-state index contributed by atoms with van der Waals surface area (Å²) in [4.78, 5) is 17.6. The Bertz CT molecular complexity index is 495. The van der Waals surface area contributed by atoms with Crippen molar-refractivity contribution in [3.05, 3.63) is 0 Å². The van der Waals surface area contributed by atoms with Gasteiger partial charge in [0.1, 0.15) is 5.41 Å². The van der Waals surface area contributed by atoms with Crippen molar-refractivity contribution in [3.63, 3.8) is 0 Å². The summed E-state index contributed by atoms with van der Waals surface area (Å²) in [7, 11) is 1.76. The number of amides is 1. The van der Waals surface area contributed by atoms with Crippen LogP contribution in [0.3, 0.4) is 0 Å². The molecule has 5 nitrogen and oxygen atoms in total. The maximum absolute atomic E-state index is 13.0. The van der Waals surface area contributed by atoms with E-state index in [0.29, 0.717) is 0 Å². The molecular weight excluding hydrogens is 302 g/mol. The zero-order chi connectivity index (χ0) is 17.0. The van der Waals surface area contributed by atoms with Crippen LogP contribution in [0.5, 0.6) is 0 Å². The van der Waals surface area contributed by atoms with Crippen molar-refractivity contribution in [2.75, 3.05) is 39.9 Å². The van der Waals surface area contributed by atoms with E-state index in [1.165, 1.54) is 19.3 Å². The Morgan fingerprint density at radius 2 is 1.75 bits per heavy atom. The first-order valence-electron chi connectivity index (χ1n) is 9.60. The molecule has 134 valence electrons. The second-order valence-corrected chi connectivity index (χ2v) is 7.85. The maximum atomic E-state index is 13.0. The minimum atomic E-state index is -0.719. The molecule has 3 rings (SSSR count). The Kier molecular flexibility index (Phi) is 5.46. The van der Waals surface area contributed by atoms with Crippen LogP contribution >= 0.6 is 0 Å². The fraction of sp³-hybridized carbons (Fsp3) is 0.895. The lowest BCUT2D eigenvalue weighted by atomic mass is 9.86. The van der Waals surface area contributed by atoms with E-state index in [0.717, 1.165) is 71.3 Å². The predicted octanol–water partition coefficient (Wildman–Crippen LogP) is 2.56. The zero-order valence-electron chi connectivity index (χ0n) is 15.1. The van der Waals surface area contributed by atoms with Crippen LogP contribution in [-0.2, 0) is 9.53 Å². The summed E-state index contributed by atoms with van der Waals surface area (Å²) in [6, 6.07) is 2.37. The summed E-state index contributed by atoms with van der Waals surface area (Å²) < 4.78 is 5.28. The second-order valence-electron chi connectivity index (χ2n) is 7.85. The van der Waals surface area contributed by atoms with Crippen LogP contribution in [0.4, 0.5) is 0 Å². The number of likely N-dealkylation sites (tertiary alicyclic amines) is 2. The third-order valence-corrected chi connectivity index (χ3v) is 6.59. The van der Waals surface area contributed by atoms with Gasteiger partial charge in [-0.2, -0.15) is 5.26 Å². The molecule has 2 aliphatic heterocycles. The lowest BCUT2D eigenvalue weighted by molar-refractivity contribution is -0.138. The van der Waals surface area contributed by atoms with Gasteiger partial charge in [0, 0.05) is 32.3 Å². The molecule has 0 radical (unpaired) electrons. The molecule has 1 amide bonds. The molecule has 0 bridgehead atoms. The van der Waals surface area contributed by atoms with Crippen LogP contribution < -0.4 is 0 Å². The first kappa shape index (κ1) is 17.7. The highest BCUT2D eigenvalue weighted by Gasteiger charge is 2.46. The largest absolute Gasteiger partial charge is 0.383 e. The van der Waals surface area contributed by atoms with E-state index < -0.39 is 5.41 Å². The Morgan fingerprint density at radius 3 is 2.42 bits per heavy atom. The number of hydrogen-bond acceptors (Lipinski definition) is 4. The standard InChI is InChI=1S/C19H31N3O2/c1-24-15-14-22-12-5-9-19(22)8-4-11-21(13-10-19)17(23)18(16-20)6-2-3-7-18/h2-15H2,1H3. The van der Waals surface area contributed by atoms with E-state index in [-0.39, 0.29) is 11.4 Å². The number of carbonyl (C=O) groups is 1. The summed E-state index contributed by atoms with van der Waals surface area (Å²) in [5.41, 5.74) is -0.466. The quantitative estimate of drug-likeness (QED) is 0.793. The van der Waals surface area contributed by atoms with Gasteiger partial charge in [-0.05, 0) is 51.5 Å². The molecule has 0 aromatic carbocycles. The molecule has 0 N–H and O–H groups in total. The number of methoxy groups -OCH3 is 1. The molecular formula is C19H31N3O2. The minimum absolute atomic E-state index is 0.112. The fourth-order valence-electron chi connectivity index (χ4n) is 5.15. The topological polar surface area (TPSA) is 56.6 Å². The van der Waals surface area contributed by atoms with Gasteiger partial charge < -0.3 is 9.64 Å². The molecule has 2 saturated heterocycles. The van der Waals surface area contributed by atoms with Gasteiger partial charge in [0.25, 0.3) is 0 Å². The van der Waals surface area contributed by atoms with Gasteiger partial charge in [0.15, 0.2) is 0 Å². The maximum Gasteiger partial charge on any atom is 0.243 e. The molecule has 1 atom stereocenters. The lowest BCUT2D eigenvalue weighted by Gasteiger charge is -2.38. The van der Waals surface area contributed by atoms with Crippen LogP contribution in [0, 0.1) is 16.7 Å². The van der Waals surface area contributed by atoms with Crippen molar-refractivity contribution >= 4 is 5.91 Å². The molecule has 0 aromatic heterocycles. The SMILES string of the molecule is COCCN1CCCC12CCCN(C(=O)C1(C#N)CCCC1)CC2. The number of hydrogen-bond donors (Lipinski definition) is 0. The highest BCUT2D eigenvalue weighted by Crippen LogP contribution is 2.42. The normalized spacial score (nSPS) is 30.4. The van der Waals surface area contributed by atoms with Crippen molar-refractivity contribution in [1.29, 1.82) is 5.26 Å². The average Bonchev–Trinajstić information content (AvgIpc) is 3.17. The third-order valence-electron chi connectivity index (χ3n) is 6.59. The van der Waals surface area contributed by atoms with Crippen molar-refractivity contribution in [2.24, 2.45) is 5.41 Å². The van der Waals surface area contributed by atoms with Crippen molar-refractivity contribution < 1.29 is 9.53 Å². The molecule has 3 fully saturated rings. The van der Waals surface area contributed by atoms with Crippen LogP contribution in [0.25, 0.3) is 0 Å². The summed E-state index contributed by atoms with van der Waals surface area (Å²) in [6.07, 6.45) is 9.29. The van der Waals surface area contributed by atoms with Crippen LogP contribution in [0.15, 0.2) is 0 Å². The highest BCUT2D eigenvalue weighted by molar-refractivity contribution is 5.85. The highest BCUT2D eigenvalue weighted by atomic mass is 16.5. The fourth-order valence-corrected chi connectivity index (χ4v) is 5.15. The zero-order valence-corrected chi connectivity index (χ0v) is 15.1. The predicted molar refractivity (Wildman–Crippen MR) is 92.4 cm³/mol. The minimum Gasteiger partial charge on any atom is -0.383 e. The average molecular weight is 333 g/mol. The van der Waals surface area contributed by atoms with Gasteiger partial charge >= 0.3 is 0 Å². The van der Waals surface area contributed by atoms with Gasteiger partial charge in [0.2, 0.25) is 5.91 Å². The van der Waals surface area contributed by atoms with Gasteiger partial charge in [0.05, 0.1) is 12.7 Å². The molecule has 1 saturated carbocycles. The molecule has 0 aromatic rings. The van der Waals surface area contributed by atoms with Crippen LogP contribution in [0.1, 0.15) is 57.8 Å². The van der Waals surface area contributed by atoms with E-state index in [1.54, 1.807) is 7.11 Å². The number of nitriles is 1. The Morgan fingerprint density at radius 1 is 1.04 bits per heavy atom. The van der Waals surface area contributed by atoms with Crippen molar-refractivity contribution in [1.82, 2.24) is 9.80 Å². The summed E-state index contributed by atoms with van der Waals surface area (Å²) in [5, 5.41) is 9.61. The Hall–Kier alpha value is -1.12. The molecule has 24 heavy (non-hydrogen) atoms. The molecule has 1 spiro atoms. The number of rotatable bonds is 4. The smallest absolute Gasteiger partial charge is 0.243 e. The molecule has 3 aliphatic rings. The number of nitrogens with zero attached hydrogens (tertiary/aromatic N) is 3. The van der Waals surface area contributed by atoms with Crippen LogP contribution in [-0.4, -0.2) is 61.1 Å². The first-order valence-corrected chi connectivity index (χ1v) is 9.60. The summed E-state index contributed by atoms with van der Waals surface area (Å²) in [5.74, 6) is 0.112. The van der Waals surface area contributed by atoms with Crippen molar-refractivity contribution in [2.45, 2.75) is 63.3 Å². The summed E-state index contributed by atoms with van der Waals surface area (Å²) in [6.45, 7) is 4.56. The number of ether oxygens (including phenoxy) is 1. The van der Waals surface area contributed by atoms with Crippen LogP contribution in [0.2, 0.25) is 0 Å². The van der Waals surface area contributed by atoms with E-state index >= 15 is 0 Å². The monoisotopic (exact) mass is 333 g/mol. The third kappa shape index (κ3) is 3.19. The van der Waals surface area contributed by atoms with E-state index in [2.05, 4.69) is 11.0 Å². The molecule has 5 heteroatoms. The molecule has 1 aliphatic carbocycles. The van der Waals surface area contributed by atoms with Gasteiger partial charge in [-0.3, -0.25) is 9.69 Å². The number of carbonyl (C=O) groups excluding carboxylic acids is 1.